The highest BCUT2D eigenvalue weighted by Crippen LogP contribution is 2.49. The molecule has 2 aliphatic rings. The fourth-order valence-corrected chi connectivity index (χ4v) is 5.06. The number of amides is 1. The Hall–Kier alpha value is -2.67. The van der Waals surface area contributed by atoms with Crippen molar-refractivity contribution in [2.75, 3.05) is 4.90 Å². The molecule has 2 saturated carbocycles. The van der Waals surface area contributed by atoms with Crippen LogP contribution in [0, 0.1) is 41.8 Å². The van der Waals surface area contributed by atoms with Crippen molar-refractivity contribution < 1.29 is 9.18 Å². The average molecular weight is 376 g/mol. The molecule has 3 nitrogen and oxygen atoms in total. The average Bonchev–Trinajstić information content (AvgIpc) is 3.30. The van der Waals surface area contributed by atoms with Crippen LogP contribution in [0.3, 0.4) is 0 Å². The molecule has 0 aromatic heterocycles. The van der Waals surface area contributed by atoms with E-state index < -0.39 is 0 Å². The number of fused-ring (bicyclic) bond motifs is 2. The van der Waals surface area contributed by atoms with Crippen molar-refractivity contribution in [3.05, 3.63) is 65.0 Å². The minimum atomic E-state index is -0.292. The minimum Gasteiger partial charge on any atom is -0.308 e. The van der Waals surface area contributed by atoms with Crippen LogP contribution in [0.15, 0.2) is 42.5 Å². The van der Waals surface area contributed by atoms with Gasteiger partial charge >= 0.3 is 0 Å². The molecule has 4 rings (SSSR count). The fourth-order valence-electron chi connectivity index (χ4n) is 5.06. The number of rotatable bonds is 5. The second-order valence-corrected chi connectivity index (χ2v) is 8.36. The summed E-state index contributed by atoms with van der Waals surface area (Å²) in [4.78, 5) is 15.1. The third kappa shape index (κ3) is 3.80. The summed E-state index contributed by atoms with van der Waals surface area (Å²) < 4.78 is 13.6. The zero-order valence-corrected chi connectivity index (χ0v) is 16.2. The van der Waals surface area contributed by atoms with E-state index >= 15 is 0 Å². The Kier molecular flexibility index (Phi) is 5.17. The predicted octanol–water partition coefficient (Wildman–Crippen LogP) is 5.37. The van der Waals surface area contributed by atoms with E-state index in [1.165, 1.54) is 37.8 Å². The molecule has 2 aromatic carbocycles. The summed E-state index contributed by atoms with van der Waals surface area (Å²) in [7, 11) is 0. The number of carbonyl (C=O) groups excluding carboxylic acids is 1. The van der Waals surface area contributed by atoms with Gasteiger partial charge in [-0.3, -0.25) is 4.79 Å². The molecule has 2 aliphatic carbocycles. The number of nitrogens with zero attached hydrogens (tertiary/aromatic N) is 2. The maximum atomic E-state index is 13.6. The van der Waals surface area contributed by atoms with Gasteiger partial charge in [-0.15, -0.1) is 0 Å². The molecule has 1 amide bonds. The maximum Gasteiger partial charge on any atom is 0.227 e. The minimum absolute atomic E-state index is 0.108. The lowest BCUT2D eigenvalue weighted by molar-refractivity contribution is -0.120. The Bertz CT molecular complexity index is 915. The molecule has 0 radical (unpaired) electrons. The second-order valence-electron chi connectivity index (χ2n) is 8.36. The van der Waals surface area contributed by atoms with E-state index in [2.05, 4.69) is 6.07 Å². The lowest BCUT2D eigenvalue weighted by Gasteiger charge is -2.28. The maximum absolute atomic E-state index is 13.6. The van der Waals surface area contributed by atoms with Crippen molar-refractivity contribution in [1.82, 2.24) is 0 Å². The van der Waals surface area contributed by atoms with Gasteiger partial charge in [-0.05, 0) is 85.4 Å². The molecule has 2 fully saturated rings. The van der Waals surface area contributed by atoms with Crippen molar-refractivity contribution in [2.45, 2.75) is 45.6 Å². The molecule has 2 bridgehead atoms. The molecule has 144 valence electrons. The number of aryl methyl sites for hydroxylation is 1. The lowest BCUT2D eigenvalue weighted by Crippen LogP contribution is -2.33. The molecule has 0 heterocycles. The summed E-state index contributed by atoms with van der Waals surface area (Å²) in [6, 6.07) is 14.0. The Morgan fingerprint density at radius 2 is 1.96 bits per heavy atom. The van der Waals surface area contributed by atoms with Gasteiger partial charge in [-0.2, -0.15) is 5.26 Å². The third-order valence-electron chi connectivity index (χ3n) is 6.50. The van der Waals surface area contributed by atoms with Crippen LogP contribution < -0.4 is 4.90 Å². The van der Waals surface area contributed by atoms with E-state index in [0.29, 0.717) is 30.4 Å². The number of carbonyl (C=O) groups is 1. The van der Waals surface area contributed by atoms with Crippen molar-refractivity contribution >= 4 is 11.6 Å². The van der Waals surface area contributed by atoms with E-state index in [-0.39, 0.29) is 11.7 Å². The molecule has 2 aromatic rings. The first-order chi connectivity index (χ1) is 13.5. The van der Waals surface area contributed by atoms with E-state index in [1.807, 2.05) is 19.1 Å². The highest BCUT2D eigenvalue weighted by atomic mass is 19.1. The highest BCUT2D eigenvalue weighted by Gasteiger charge is 2.40. The van der Waals surface area contributed by atoms with Gasteiger partial charge in [0.25, 0.3) is 0 Å². The quantitative estimate of drug-likeness (QED) is 0.704. The van der Waals surface area contributed by atoms with Gasteiger partial charge in [0.05, 0.1) is 18.2 Å². The SMILES string of the molecule is Cc1cc(F)ccc1N(Cc1ccc(C#N)cc1)C(=O)C[C@@H]1C[C@H]2CC[C@H]1C2. The van der Waals surface area contributed by atoms with Gasteiger partial charge in [0, 0.05) is 12.1 Å². The van der Waals surface area contributed by atoms with E-state index in [4.69, 9.17) is 5.26 Å². The van der Waals surface area contributed by atoms with Crippen LogP contribution in [-0.4, -0.2) is 5.91 Å². The van der Waals surface area contributed by atoms with Crippen LogP contribution in [0.25, 0.3) is 0 Å². The predicted molar refractivity (Wildman–Crippen MR) is 107 cm³/mol. The zero-order chi connectivity index (χ0) is 19.7. The summed E-state index contributed by atoms with van der Waals surface area (Å²) in [5.41, 5.74) is 3.08. The number of nitriles is 1. The first-order valence-corrected chi connectivity index (χ1v) is 10.1. The van der Waals surface area contributed by atoms with Gasteiger partial charge in [0.15, 0.2) is 0 Å². The van der Waals surface area contributed by atoms with E-state index in [1.54, 1.807) is 23.1 Å². The molecule has 0 N–H and O–H groups in total. The Balaban J connectivity index is 1.58. The van der Waals surface area contributed by atoms with Gasteiger partial charge in [-0.25, -0.2) is 4.39 Å². The number of anilines is 1. The van der Waals surface area contributed by atoms with Gasteiger partial charge in [0.2, 0.25) is 5.91 Å². The Morgan fingerprint density at radius 3 is 2.57 bits per heavy atom. The van der Waals surface area contributed by atoms with Crippen LogP contribution in [0.5, 0.6) is 0 Å². The molecule has 0 saturated heterocycles. The number of halogens is 1. The van der Waals surface area contributed by atoms with Gasteiger partial charge in [-0.1, -0.05) is 18.6 Å². The Morgan fingerprint density at radius 1 is 1.18 bits per heavy atom. The molecule has 4 heteroatoms. The summed E-state index contributed by atoms with van der Waals surface area (Å²) in [5, 5.41) is 9.00. The highest BCUT2D eigenvalue weighted by molar-refractivity contribution is 5.94. The monoisotopic (exact) mass is 376 g/mol. The van der Waals surface area contributed by atoms with Crippen LogP contribution in [-0.2, 0) is 11.3 Å². The lowest BCUT2D eigenvalue weighted by atomic mass is 9.86. The smallest absolute Gasteiger partial charge is 0.227 e. The molecule has 0 unspecified atom stereocenters. The second kappa shape index (κ2) is 7.75. The topological polar surface area (TPSA) is 44.1 Å². The van der Waals surface area contributed by atoms with Crippen molar-refractivity contribution in [3.8, 4) is 6.07 Å². The number of benzene rings is 2. The van der Waals surface area contributed by atoms with Gasteiger partial charge < -0.3 is 4.90 Å². The largest absolute Gasteiger partial charge is 0.308 e. The van der Waals surface area contributed by atoms with Crippen LogP contribution in [0.1, 0.15) is 48.8 Å². The third-order valence-corrected chi connectivity index (χ3v) is 6.50. The van der Waals surface area contributed by atoms with Crippen LogP contribution >= 0.6 is 0 Å². The number of hydrogen-bond acceptors (Lipinski definition) is 2. The number of hydrogen-bond donors (Lipinski definition) is 0. The first-order valence-electron chi connectivity index (χ1n) is 10.1. The molecule has 0 aliphatic heterocycles. The molecular formula is C24H25FN2O. The van der Waals surface area contributed by atoms with E-state index in [9.17, 15) is 9.18 Å². The van der Waals surface area contributed by atoms with Crippen molar-refractivity contribution in [1.29, 1.82) is 5.26 Å². The summed E-state index contributed by atoms with van der Waals surface area (Å²) >= 11 is 0. The van der Waals surface area contributed by atoms with E-state index in [0.717, 1.165) is 22.7 Å². The summed E-state index contributed by atoms with van der Waals surface area (Å²) in [6.45, 7) is 2.27. The molecule has 28 heavy (non-hydrogen) atoms. The van der Waals surface area contributed by atoms with Gasteiger partial charge in [0.1, 0.15) is 5.82 Å². The normalized spacial score (nSPS) is 22.8. The fraction of sp³-hybridized carbons (Fsp3) is 0.417. The summed E-state index contributed by atoms with van der Waals surface area (Å²) in [6.07, 6.45) is 5.59. The zero-order valence-electron chi connectivity index (χ0n) is 16.2. The van der Waals surface area contributed by atoms with Crippen LogP contribution in [0.4, 0.5) is 10.1 Å². The van der Waals surface area contributed by atoms with Crippen molar-refractivity contribution in [2.24, 2.45) is 17.8 Å². The van der Waals surface area contributed by atoms with Crippen LogP contribution in [0.2, 0.25) is 0 Å². The Labute approximate surface area is 165 Å². The van der Waals surface area contributed by atoms with Crippen molar-refractivity contribution in [3.63, 3.8) is 0 Å². The molecule has 0 spiro atoms. The standard InChI is InChI=1S/C24H25FN2O/c1-16-10-22(25)8-9-23(16)27(15-18-4-2-17(14-26)3-5-18)24(28)13-21-12-19-6-7-20(21)11-19/h2-5,8-10,19-21H,6-7,11-13,15H2,1H3/t19-,20-,21-/m0/s1. The summed E-state index contributed by atoms with van der Waals surface area (Å²) in [5.74, 6) is 1.80. The first kappa shape index (κ1) is 18.7. The molecular weight excluding hydrogens is 351 g/mol. The molecule has 3 atom stereocenters.